The lowest BCUT2D eigenvalue weighted by Gasteiger charge is -2.37. The van der Waals surface area contributed by atoms with Crippen molar-refractivity contribution >= 4 is 29.9 Å². The van der Waals surface area contributed by atoms with Gasteiger partial charge in [0.1, 0.15) is 0 Å². The van der Waals surface area contributed by atoms with Gasteiger partial charge in [-0.25, -0.2) is 4.98 Å². The lowest BCUT2D eigenvalue weighted by molar-refractivity contribution is 0.208. The summed E-state index contributed by atoms with van der Waals surface area (Å²) in [6.07, 6.45) is 6.97. The Kier molecular flexibility index (Phi) is 7.93. The number of piperidine rings is 1. The van der Waals surface area contributed by atoms with Crippen molar-refractivity contribution < 1.29 is 0 Å². The predicted octanol–water partition coefficient (Wildman–Crippen LogP) is 3.60. The van der Waals surface area contributed by atoms with E-state index < -0.39 is 0 Å². The average Bonchev–Trinajstić information content (AvgIpc) is 3.08. The Bertz CT molecular complexity index is 688. The van der Waals surface area contributed by atoms with Crippen molar-refractivity contribution in [2.75, 3.05) is 20.1 Å². The number of nitrogens with zero attached hydrogens (tertiary/aromatic N) is 4. The van der Waals surface area contributed by atoms with E-state index >= 15 is 0 Å². The maximum Gasteiger partial charge on any atom is 0.193 e. The number of hydrogen-bond donors (Lipinski definition) is 1. The van der Waals surface area contributed by atoms with E-state index in [1.165, 1.54) is 17.5 Å². The van der Waals surface area contributed by atoms with E-state index in [-0.39, 0.29) is 24.0 Å². The number of halogens is 1. The number of rotatable bonds is 4. The summed E-state index contributed by atoms with van der Waals surface area (Å²) < 4.78 is 2.09. The second-order valence-corrected chi connectivity index (χ2v) is 7.31. The van der Waals surface area contributed by atoms with Crippen molar-refractivity contribution in [3.8, 4) is 0 Å². The minimum Gasteiger partial charge on any atom is -0.352 e. The van der Waals surface area contributed by atoms with Crippen LogP contribution in [0.5, 0.6) is 0 Å². The fraction of sp³-hybridized carbons (Fsp3) is 0.500. The molecule has 142 valence electrons. The summed E-state index contributed by atoms with van der Waals surface area (Å²) >= 11 is 0. The van der Waals surface area contributed by atoms with E-state index in [0.29, 0.717) is 0 Å². The number of likely N-dealkylation sites (tertiary alicyclic amines) is 1. The number of hydrogen-bond acceptors (Lipinski definition) is 2. The van der Waals surface area contributed by atoms with E-state index in [1.807, 2.05) is 25.8 Å². The summed E-state index contributed by atoms with van der Waals surface area (Å²) in [5, 5.41) is 3.54. The van der Waals surface area contributed by atoms with Crippen molar-refractivity contribution in [3.63, 3.8) is 0 Å². The van der Waals surface area contributed by atoms with Crippen LogP contribution in [0.3, 0.4) is 0 Å². The largest absolute Gasteiger partial charge is 0.352 e. The Morgan fingerprint density at radius 2 is 1.96 bits per heavy atom. The second-order valence-electron chi connectivity index (χ2n) is 7.31. The Balaban J connectivity index is 0.00000243. The van der Waals surface area contributed by atoms with Gasteiger partial charge in [0.25, 0.3) is 0 Å². The molecule has 5 nitrogen and oxygen atoms in total. The number of aromatic nitrogens is 2. The van der Waals surface area contributed by atoms with E-state index in [2.05, 4.69) is 62.9 Å². The van der Waals surface area contributed by atoms with Gasteiger partial charge in [-0.05, 0) is 29.4 Å². The quantitative estimate of drug-likeness (QED) is 0.425. The molecule has 1 fully saturated rings. The summed E-state index contributed by atoms with van der Waals surface area (Å²) in [5.41, 5.74) is 2.56. The summed E-state index contributed by atoms with van der Waals surface area (Å²) in [4.78, 5) is 11.0. The van der Waals surface area contributed by atoms with Crippen LogP contribution in [0.2, 0.25) is 0 Å². The van der Waals surface area contributed by atoms with E-state index in [1.54, 1.807) is 0 Å². The van der Waals surface area contributed by atoms with Crippen LogP contribution in [0.1, 0.15) is 31.4 Å². The van der Waals surface area contributed by atoms with Gasteiger partial charge in [0.2, 0.25) is 0 Å². The summed E-state index contributed by atoms with van der Waals surface area (Å²) in [5.74, 6) is 2.46. The van der Waals surface area contributed by atoms with E-state index in [0.717, 1.165) is 44.0 Å². The highest BCUT2D eigenvalue weighted by atomic mass is 127. The molecule has 3 rings (SSSR count). The molecule has 1 aromatic carbocycles. The topological polar surface area (TPSA) is 45.5 Å². The molecular weight excluding hydrogens is 437 g/mol. The first-order chi connectivity index (χ1) is 12.1. The summed E-state index contributed by atoms with van der Waals surface area (Å²) in [7, 11) is 1.88. The zero-order valence-electron chi connectivity index (χ0n) is 15.9. The molecule has 1 aromatic heterocycles. The Morgan fingerprint density at radius 3 is 2.62 bits per heavy atom. The first-order valence-corrected chi connectivity index (χ1v) is 9.13. The third-order valence-electron chi connectivity index (χ3n) is 4.75. The van der Waals surface area contributed by atoms with Crippen LogP contribution in [0.25, 0.3) is 0 Å². The van der Waals surface area contributed by atoms with Crippen LogP contribution in [0.15, 0.2) is 48.0 Å². The van der Waals surface area contributed by atoms with Crippen molar-refractivity contribution in [2.45, 2.75) is 33.4 Å². The Morgan fingerprint density at radius 1 is 1.23 bits per heavy atom. The maximum atomic E-state index is 4.50. The number of guanidine groups is 1. The maximum absolute atomic E-state index is 4.50. The first kappa shape index (κ1) is 20.7. The third-order valence-corrected chi connectivity index (χ3v) is 4.75. The molecule has 0 amide bonds. The summed E-state index contributed by atoms with van der Waals surface area (Å²) in [6, 6.07) is 8.70. The minimum absolute atomic E-state index is 0. The fourth-order valence-electron chi connectivity index (χ4n) is 3.78. The van der Waals surface area contributed by atoms with Gasteiger partial charge in [0, 0.05) is 45.6 Å². The molecule has 0 spiro atoms. The molecule has 6 heteroatoms. The lowest BCUT2D eigenvalue weighted by Crippen LogP contribution is -2.48. The van der Waals surface area contributed by atoms with Crippen molar-refractivity contribution in [1.82, 2.24) is 19.8 Å². The number of nitrogens with one attached hydrogen (secondary N) is 1. The van der Waals surface area contributed by atoms with Crippen LogP contribution >= 0.6 is 24.0 Å². The predicted molar refractivity (Wildman–Crippen MR) is 118 cm³/mol. The van der Waals surface area contributed by atoms with Gasteiger partial charge in [-0.15, -0.1) is 24.0 Å². The van der Waals surface area contributed by atoms with Gasteiger partial charge in [-0.2, -0.15) is 0 Å². The zero-order valence-corrected chi connectivity index (χ0v) is 18.3. The molecule has 0 saturated carbocycles. The standard InChI is InChI=1S/C20H29N5.HI/c1-16-9-17(2)13-25(12-16)20(21-3)23-11-18-5-4-6-19(10-18)14-24-8-7-22-15-24;/h4-8,10,15-17H,9,11-14H2,1-3H3,(H,21,23);1H. The van der Waals surface area contributed by atoms with Crippen molar-refractivity contribution in [1.29, 1.82) is 0 Å². The molecule has 2 unspecified atom stereocenters. The molecule has 0 bridgehead atoms. The molecule has 0 radical (unpaired) electrons. The number of aliphatic imine (C=N–C) groups is 1. The lowest BCUT2D eigenvalue weighted by atomic mass is 9.92. The Labute approximate surface area is 173 Å². The monoisotopic (exact) mass is 467 g/mol. The Hall–Kier alpha value is -1.57. The number of benzene rings is 1. The van der Waals surface area contributed by atoms with Crippen molar-refractivity contribution in [2.24, 2.45) is 16.8 Å². The van der Waals surface area contributed by atoms with Gasteiger partial charge in [-0.3, -0.25) is 4.99 Å². The third kappa shape index (κ3) is 5.72. The van der Waals surface area contributed by atoms with Gasteiger partial charge in [0.05, 0.1) is 6.33 Å². The molecule has 2 atom stereocenters. The highest BCUT2D eigenvalue weighted by Crippen LogP contribution is 2.21. The van der Waals surface area contributed by atoms with Gasteiger partial charge in [0.15, 0.2) is 5.96 Å². The number of imidazole rings is 1. The SMILES string of the molecule is CN=C(NCc1cccc(Cn2ccnc2)c1)N1CC(C)CC(C)C1.I. The van der Waals surface area contributed by atoms with Crippen LogP contribution in [0, 0.1) is 11.8 Å². The van der Waals surface area contributed by atoms with Crippen molar-refractivity contribution in [3.05, 3.63) is 54.1 Å². The molecule has 1 saturated heterocycles. The zero-order chi connectivity index (χ0) is 17.6. The van der Waals surface area contributed by atoms with E-state index in [9.17, 15) is 0 Å². The highest BCUT2D eigenvalue weighted by molar-refractivity contribution is 14.0. The van der Waals surface area contributed by atoms with Crippen LogP contribution in [-0.4, -0.2) is 40.5 Å². The van der Waals surface area contributed by atoms with Crippen LogP contribution in [0.4, 0.5) is 0 Å². The summed E-state index contributed by atoms with van der Waals surface area (Å²) in [6.45, 7) is 8.48. The molecule has 2 aromatic rings. The molecule has 26 heavy (non-hydrogen) atoms. The first-order valence-electron chi connectivity index (χ1n) is 9.13. The van der Waals surface area contributed by atoms with Gasteiger partial charge in [-0.1, -0.05) is 38.1 Å². The molecule has 0 aliphatic carbocycles. The van der Waals surface area contributed by atoms with E-state index in [4.69, 9.17) is 0 Å². The smallest absolute Gasteiger partial charge is 0.193 e. The minimum atomic E-state index is 0. The molecule has 1 aliphatic rings. The molecule has 2 heterocycles. The fourth-order valence-corrected chi connectivity index (χ4v) is 3.78. The highest BCUT2D eigenvalue weighted by Gasteiger charge is 2.23. The van der Waals surface area contributed by atoms with Crippen LogP contribution < -0.4 is 5.32 Å². The van der Waals surface area contributed by atoms with Gasteiger partial charge < -0.3 is 14.8 Å². The van der Waals surface area contributed by atoms with Crippen LogP contribution in [-0.2, 0) is 13.1 Å². The molecular formula is C20H30IN5. The van der Waals surface area contributed by atoms with Gasteiger partial charge >= 0.3 is 0 Å². The molecule has 1 N–H and O–H groups in total. The average molecular weight is 467 g/mol. The normalized spacial score (nSPS) is 20.6. The second kappa shape index (κ2) is 9.94. The molecule has 1 aliphatic heterocycles.